The molecule has 35 heavy (non-hydrogen) atoms. The van der Waals surface area contributed by atoms with Gasteiger partial charge in [-0.2, -0.15) is 10.4 Å². The van der Waals surface area contributed by atoms with Crippen LogP contribution in [-0.2, 0) is 4.79 Å². The molecule has 3 aromatic rings. The van der Waals surface area contributed by atoms with Crippen molar-refractivity contribution in [1.29, 1.82) is 5.26 Å². The zero-order valence-corrected chi connectivity index (χ0v) is 19.2. The van der Waals surface area contributed by atoms with Crippen molar-refractivity contribution >= 4 is 29.2 Å². The number of hydrogen-bond donors (Lipinski definition) is 4. The molecule has 2 aromatic carbocycles. The predicted octanol–water partition coefficient (Wildman–Crippen LogP) is 3.73. The van der Waals surface area contributed by atoms with Gasteiger partial charge in [0.2, 0.25) is 0 Å². The lowest BCUT2D eigenvalue weighted by Crippen LogP contribution is -2.41. The van der Waals surface area contributed by atoms with Crippen LogP contribution in [0.15, 0.2) is 42.5 Å². The molecule has 0 saturated carbocycles. The second kappa shape index (κ2) is 10.4. The van der Waals surface area contributed by atoms with Crippen LogP contribution < -0.4 is 10.1 Å². The number of para-hydroxylation sites is 1. The Morgan fingerprint density at radius 1 is 1.26 bits per heavy atom. The number of nitriles is 1. The molecule has 0 bridgehead atoms. The third kappa shape index (κ3) is 5.31. The molecule has 2 amide bonds. The number of phenolic OH excluding ortho intramolecular Hbond substituents is 2. The van der Waals surface area contributed by atoms with E-state index < -0.39 is 17.4 Å². The van der Waals surface area contributed by atoms with E-state index in [-0.39, 0.29) is 35.0 Å². The van der Waals surface area contributed by atoms with Crippen molar-refractivity contribution in [2.24, 2.45) is 0 Å². The van der Waals surface area contributed by atoms with Crippen molar-refractivity contribution in [2.45, 2.75) is 25.3 Å². The Bertz CT molecular complexity index is 1280. The van der Waals surface area contributed by atoms with Gasteiger partial charge in [-0.05, 0) is 43.5 Å². The van der Waals surface area contributed by atoms with Gasteiger partial charge in [0.15, 0.2) is 23.9 Å². The van der Waals surface area contributed by atoms with Crippen LogP contribution in [0.2, 0.25) is 5.02 Å². The molecular weight excluding hydrogens is 474 g/mol. The fourth-order valence-corrected chi connectivity index (χ4v) is 4.15. The molecule has 4 rings (SSSR count). The standard InChI is InChI=1S/C24H22ClN5O5/c25-16-9-15(10-19(31)23(16)33)24(34)27-21-11-17(28-29-21)18-6-3-4-8-30(18)22(32)13-35-20-7-2-1-5-14(20)12-26/h1-2,5,7,9-11,18,31,33H,3-4,6,8,13H2,(H2,27,28,29,34)/t18-/m1/s1. The summed E-state index contributed by atoms with van der Waals surface area (Å²) in [4.78, 5) is 27.2. The van der Waals surface area contributed by atoms with Gasteiger partial charge in [0.25, 0.3) is 11.8 Å². The number of ether oxygens (including phenoxy) is 1. The molecule has 1 atom stereocenters. The highest BCUT2D eigenvalue weighted by Crippen LogP contribution is 2.34. The van der Waals surface area contributed by atoms with Crippen LogP contribution in [0.4, 0.5) is 5.82 Å². The zero-order valence-electron chi connectivity index (χ0n) is 18.5. The number of hydrogen-bond acceptors (Lipinski definition) is 7. The molecule has 1 saturated heterocycles. The zero-order chi connectivity index (χ0) is 24.9. The maximum atomic E-state index is 13.0. The maximum absolute atomic E-state index is 13.0. The van der Waals surface area contributed by atoms with Crippen molar-refractivity contribution in [1.82, 2.24) is 15.1 Å². The number of phenols is 2. The number of nitrogens with zero attached hydrogens (tertiary/aromatic N) is 3. The summed E-state index contributed by atoms with van der Waals surface area (Å²) in [7, 11) is 0. The number of halogens is 1. The first-order chi connectivity index (χ1) is 16.9. The van der Waals surface area contributed by atoms with Crippen molar-refractivity contribution in [3.8, 4) is 23.3 Å². The van der Waals surface area contributed by atoms with Crippen molar-refractivity contribution < 1.29 is 24.5 Å². The van der Waals surface area contributed by atoms with Gasteiger partial charge in [-0.3, -0.25) is 14.7 Å². The highest BCUT2D eigenvalue weighted by molar-refractivity contribution is 6.32. The van der Waals surface area contributed by atoms with Gasteiger partial charge in [-0.25, -0.2) is 0 Å². The Morgan fingerprint density at radius 2 is 2.06 bits per heavy atom. The number of aromatic nitrogens is 2. The predicted molar refractivity (Wildman–Crippen MR) is 126 cm³/mol. The van der Waals surface area contributed by atoms with E-state index in [2.05, 4.69) is 15.5 Å². The Kier molecular flexibility index (Phi) is 7.08. The highest BCUT2D eigenvalue weighted by atomic mass is 35.5. The lowest BCUT2D eigenvalue weighted by Gasteiger charge is -2.35. The van der Waals surface area contributed by atoms with Gasteiger partial charge in [0, 0.05) is 18.2 Å². The third-order valence-electron chi connectivity index (χ3n) is 5.69. The summed E-state index contributed by atoms with van der Waals surface area (Å²) in [6.45, 7) is 0.330. The lowest BCUT2D eigenvalue weighted by molar-refractivity contribution is -0.137. The van der Waals surface area contributed by atoms with Crippen LogP contribution in [0.1, 0.15) is 46.9 Å². The van der Waals surface area contributed by atoms with Crippen LogP contribution in [0.3, 0.4) is 0 Å². The number of amides is 2. The normalized spacial score (nSPS) is 15.3. The fourth-order valence-electron chi connectivity index (χ4n) is 3.94. The molecular formula is C24H22ClN5O5. The number of rotatable bonds is 6. The smallest absolute Gasteiger partial charge is 0.261 e. The molecule has 4 N–H and O–H groups in total. The Balaban J connectivity index is 1.44. The first-order valence-corrected chi connectivity index (χ1v) is 11.2. The van der Waals surface area contributed by atoms with Gasteiger partial charge in [-0.1, -0.05) is 23.7 Å². The number of H-pyrrole nitrogens is 1. The van der Waals surface area contributed by atoms with Gasteiger partial charge in [-0.15, -0.1) is 0 Å². The second-order valence-corrected chi connectivity index (χ2v) is 8.39. The van der Waals surface area contributed by atoms with E-state index in [4.69, 9.17) is 16.3 Å². The average Bonchev–Trinajstić information content (AvgIpc) is 3.33. The SMILES string of the molecule is N#Cc1ccccc1OCC(=O)N1CCCC[C@@H]1c1cc(NC(=O)c2cc(O)c(O)c(Cl)c2)n[nH]1. The molecule has 2 heterocycles. The molecule has 0 radical (unpaired) electrons. The summed E-state index contributed by atoms with van der Waals surface area (Å²) >= 11 is 5.82. The van der Waals surface area contributed by atoms with Crippen molar-refractivity contribution in [2.75, 3.05) is 18.5 Å². The number of aromatic hydroxyl groups is 2. The van der Waals surface area contributed by atoms with Crippen LogP contribution in [0.25, 0.3) is 0 Å². The molecule has 0 unspecified atom stereocenters. The van der Waals surface area contributed by atoms with Gasteiger partial charge in [0.1, 0.15) is 11.8 Å². The van der Waals surface area contributed by atoms with Crippen LogP contribution in [0, 0.1) is 11.3 Å². The van der Waals surface area contributed by atoms with E-state index in [1.54, 1.807) is 35.2 Å². The third-order valence-corrected chi connectivity index (χ3v) is 5.97. The summed E-state index contributed by atoms with van der Waals surface area (Å²) in [5.41, 5.74) is 1.05. The van der Waals surface area contributed by atoms with Crippen LogP contribution >= 0.6 is 11.6 Å². The molecule has 1 aliphatic heterocycles. The van der Waals surface area contributed by atoms with E-state index >= 15 is 0 Å². The quantitative estimate of drug-likeness (QED) is 0.380. The number of nitrogens with one attached hydrogen (secondary N) is 2. The number of likely N-dealkylation sites (tertiary alicyclic amines) is 1. The molecule has 0 aliphatic carbocycles. The van der Waals surface area contributed by atoms with Gasteiger partial charge in [0.05, 0.1) is 22.3 Å². The van der Waals surface area contributed by atoms with E-state index in [0.717, 1.165) is 18.9 Å². The minimum absolute atomic E-state index is 0.0409. The van der Waals surface area contributed by atoms with E-state index in [1.165, 1.54) is 6.07 Å². The summed E-state index contributed by atoms with van der Waals surface area (Å²) in [6, 6.07) is 12.4. The van der Waals surface area contributed by atoms with Crippen molar-refractivity contribution in [3.05, 3.63) is 64.3 Å². The van der Waals surface area contributed by atoms with E-state index in [9.17, 15) is 25.1 Å². The molecule has 0 spiro atoms. The molecule has 1 aromatic heterocycles. The molecule has 10 nitrogen and oxygen atoms in total. The summed E-state index contributed by atoms with van der Waals surface area (Å²) in [5.74, 6) is -1.25. The lowest BCUT2D eigenvalue weighted by atomic mass is 9.99. The maximum Gasteiger partial charge on any atom is 0.261 e. The largest absolute Gasteiger partial charge is 0.504 e. The second-order valence-electron chi connectivity index (χ2n) is 7.98. The van der Waals surface area contributed by atoms with Crippen LogP contribution in [0.5, 0.6) is 17.2 Å². The number of aromatic amines is 1. The number of anilines is 1. The number of carbonyl (C=O) groups excluding carboxylic acids is 2. The van der Waals surface area contributed by atoms with E-state index in [0.29, 0.717) is 30.0 Å². The minimum atomic E-state index is -0.582. The first kappa shape index (κ1) is 23.9. The number of carbonyl (C=O) groups is 2. The van der Waals surface area contributed by atoms with Crippen LogP contribution in [-0.4, -0.2) is 50.3 Å². The fraction of sp³-hybridized carbons (Fsp3) is 0.250. The molecule has 1 aliphatic rings. The Labute approximate surface area is 205 Å². The average molecular weight is 496 g/mol. The minimum Gasteiger partial charge on any atom is -0.504 e. The number of benzene rings is 2. The Morgan fingerprint density at radius 3 is 2.83 bits per heavy atom. The van der Waals surface area contributed by atoms with Crippen molar-refractivity contribution in [3.63, 3.8) is 0 Å². The molecule has 11 heteroatoms. The van der Waals surface area contributed by atoms with Gasteiger partial charge < -0.3 is 25.2 Å². The first-order valence-electron chi connectivity index (χ1n) is 10.9. The summed E-state index contributed by atoms with van der Waals surface area (Å²) in [5, 5.41) is 37.9. The van der Waals surface area contributed by atoms with E-state index in [1.807, 2.05) is 6.07 Å². The summed E-state index contributed by atoms with van der Waals surface area (Å²) in [6.07, 6.45) is 2.47. The number of piperidine rings is 1. The van der Waals surface area contributed by atoms with Gasteiger partial charge >= 0.3 is 0 Å². The molecule has 1 fully saturated rings. The molecule has 180 valence electrons. The highest BCUT2D eigenvalue weighted by Gasteiger charge is 2.30. The Hall–Kier alpha value is -4.23. The topological polar surface area (TPSA) is 152 Å². The monoisotopic (exact) mass is 495 g/mol. The summed E-state index contributed by atoms with van der Waals surface area (Å²) < 4.78 is 5.62.